The van der Waals surface area contributed by atoms with Gasteiger partial charge in [-0.1, -0.05) is 0 Å². The van der Waals surface area contributed by atoms with Gasteiger partial charge in [-0.25, -0.2) is 19.7 Å². The lowest BCUT2D eigenvalue weighted by molar-refractivity contribution is 0.149. The van der Waals surface area contributed by atoms with Crippen molar-refractivity contribution in [3.05, 3.63) is 18.5 Å². The molecule has 1 aromatic rings. The Morgan fingerprint density at radius 2 is 2.23 bits per heavy atom. The molecule has 5 nitrogen and oxygen atoms in total. The lowest BCUT2D eigenvalue weighted by Crippen LogP contribution is -2.25. The standard InChI is InChI=1S/C8H9N3O2/c1-6-5-11(8(12)13-6)7-9-3-2-4-10-7/h2-4,6H,5H2,1H3. The summed E-state index contributed by atoms with van der Waals surface area (Å²) in [5.74, 6) is 0.400. The number of cyclic esters (lactones) is 1. The number of nitrogens with zero attached hydrogens (tertiary/aromatic N) is 3. The third kappa shape index (κ3) is 1.44. The van der Waals surface area contributed by atoms with E-state index in [0.717, 1.165) is 0 Å². The zero-order valence-electron chi connectivity index (χ0n) is 7.17. The fourth-order valence-corrected chi connectivity index (χ4v) is 1.20. The van der Waals surface area contributed by atoms with Gasteiger partial charge in [0.15, 0.2) is 0 Å². The summed E-state index contributed by atoms with van der Waals surface area (Å²) in [4.78, 5) is 20.5. The molecular formula is C8H9N3O2. The summed E-state index contributed by atoms with van der Waals surface area (Å²) in [6.45, 7) is 2.35. The minimum Gasteiger partial charge on any atom is -0.444 e. The second-order valence-corrected chi connectivity index (χ2v) is 2.85. The van der Waals surface area contributed by atoms with Crippen LogP contribution in [0, 0.1) is 0 Å². The SMILES string of the molecule is CC1CN(c2ncccn2)C(=O)O1. The maximum Gasteiger partial charge on any atom is 0.417 e. The van der Waals surface area contributed by atoms with Crippen molar-refractivity contribution >= 4 is 12.0 Å². The molecule has 0 aliphatic carbocycles. The van der Waals surface area contributed by atoms with Crippen LogP contribution in [0.15, 0.2) is 18.5 Å². The first kappa shape index (κ1) is 7.97. The molecule has 0 radical (unpaired) electrons. The molecule has 0 bridgehead atoms. The average molecular weight is 179 g/mol. The number of hydrogen-bond acceptors (Lipinski definition) is 4. The highest BCUT2D eigenvalue weighted by molar-refractivity contribution is 5.87. The molecule has 1 aromatic heterocycles. The van der Waals surface area contributed by atoms with Gasteiger partial charge >= 0.3 is 6.09 Å². The zero-order chi connectivity index (χ0) is 9.26. The highest BCUT2D eigenvalue weighted by Crippen LogP contribution is 2.15. The molecule has 1 fully saturated rings. The molecule has 68 valence electrons. The van der Waals surface area contributed by atoms with Crippen LogP contribution in [0.5, 0.6) is 0 Å². The number of amides is 1. The molecule has 0 saturated carbocycles. The van der Waals surface area contributed by atoms with Crippen LogP contribution < -0.4 is 4.90 Å². The summed E-state index contributed by atoms with van der Waals surface area (Å²) >= 11 is 0. The first-order chi connectivity index (χ1) is 6.27. The molecule has 0 N–H and O–H groups in total. The van der Waals surface area contributed by atoms with E-state index in [9.17, 15) is 4.79 Å². The van der Waals surface area contributed by atoms with Crippen molar-refractivity contribution in [2.24, 2.45) is 0 Å². The molecule has 1 aliphatic rings. The fraction of sp³-hybridized carbons (Fsp3) is 0.375. The Hall–Kier alpha value is -1.65. The minimum absolute atomic E-state index is 0.0868. The van der Waals surface area contributed by atoms with Gasteiger partial charge in [0.1, 0.15) is 6.10 Å². The number of carbonyl (C=O) groups is 1. The van der Waals surface area contributed by atoms with E-state index in [1.54, 1.807) is 18.5 Å². The van der Waals surface area contributed by atoms with Crippen LogP contribution >= 0.6 is 0 Å². The van der Waals surface area contributed by atoms with Crippen molar-refractivity contribution in [1.82, 2.24) is 9.97 Å². The van der Waals surface area contributed by atoms with Crippen LogP contribution in [0.25, 0.3) is 0 Å². The van der Waals surface area contributed by atoms with E-state index in [1.165, 1.54) is 4.90 Å². The average Bonchev–Trinajstić information content (AvgIpc) is 2.47. The molecule has 1 amide bonds. The Morgan fingerprint density at radius 3 is 2.77 bits per heavy atom. The Balaban J connectivity index is 2.23. The van der Waals surface area contributed by atoms with Crippen molar-refractivity contribution in [3.8, 4) is 0 Å². The number of ether oxygens (including phenoxy) is 1. The second-order valence-electron chi connectivity index (χ2n) is 2.85. The third-order valence-electron chi connectivity index (χ3n) is 1.76. The number of anilines is 1. The molecule has 0 spiro atoms. The molecular weight excluding hydrogens is 170 g/mol. The minimum atomic E-state index is -0.376. The quantitative estimate of drug-likeness (QED) is 0.640. The van der Waals surface area contributed by atoms with Crippen molar-refractivity contribution in [3.63, 3.8) is 0 Å². The largest absolute Gasteiger partial charge is 0.444 e. The Labute approximate surface area is 75.4 Å². The molecule has 1 atom stereocenters. The summed E-state index contributed by atoms with van der Waals surface area (Å²) in [6.07, 6.45) is 2.73. The van der Waals surface area contributed by atoms with Gasteiger partial charge in [0.25, 0.3) is 0 Å². The van der Waals surface area contributed by atoms with Gasteiger partial charge < -0.3 is 4.74 Å². The molecule has 1 unspecified atom stereocenters. The van der Waals surface area contributed by atoms with Crippen molar-refractivity contribution in [2.45, 2.75) is 13.0 Å². The van der Waals surface area contributed by atoms with Gasteiger partial charge in [-0.15, -0.1) is 0 Å². The smallest absolute Gasteiger partial charge is 0.417 e. The van der Waals surface area contributed by atoms with Crippen LogP contribution in [0.3, 0.4) is 0 Å². The molecule has 1 saturated heterocycles. The van der Waals surface area contributed by atoms with E-state index in [0.29, 0.717) is 12.5 Å². The van der Waals surface area contributed by atoms with Crippen LogP contribution in [0.4, 0.5) is 10.7 Å². The third-order valence-corrected chi connectivity index (χ3v) is 1.76. The van der Waals surface area contributed by atoms with E-state index in [2.05, 4.69) is 9.97 Å². The number of carbonyl (C=O) groups excluding carboxylic acids is 1. The topological polar surface area (TPSA) is 55.3 Å². The summed E-state index contributed by atoms with van der Waals surface area (Å²) in [7, 11) is 0. The molecule has 0 aromatic carbocycles. The first-order valence-electron chi connectivity index (χ1n) is 4.02. The Morgan fingerprint density at radius 1 is 1.54 bits per heavy atom. The highest BCUT2D eigenvalue weighted by atomic mass is 16.6. The van der Waals surface area contributed by atoms with E-state index >= 15 is 0 Å². The molecule has 5 heteroatoms. The predicted molar refractivity (Wildman–Crippen MR) is 45.3 cm³/mol. The predicted octanol–water partition coefficient (Wildman–Crippen LogP) is 0.822. The van der Waals surface area contributed by atoms with Gasteiger partial charge in [0.05, 0.1) is 6.54 Å². The number of aromatic nitrogens is 2. The van der Waals surface area contributed by atoms with Gasteiger partial charge in [-0.05, 0) is 13.0 Å². The van der Waals surface area contributed by atoms with Crippen LogP contribution in [-0.2, 0) is 4.74 Å². The molecule has 2 heterocycles. The van der Waals surface area contributed by atoms with Crippen LogP contribution in [-0.4, -0.2) is 28.7 Å². The van der Waals surface area contributed by atoms with Gasteiger partial charge in [0, 0.05) is 12.4 Å². The second kappa shape index (κ2) is 3.01. The molecule has 13 heavy (non-hydrogen) atoms. The highest BCUT2D eigenvalue weighted by Gasteiger charge is 2.30. The first-order valence-corrected chi connectivity index (χ1v) is 4.02. The van der Waals surface area contributed by atoms with Gasteiger partial charge in [-0.3, -0.25) is 0 Å². The Kier molecular flexibility index (Phi) is 1.84. The van der Waals surface area contributed by atoms with Crippen LogP contribution in [0.2, 0.25) is 0 Å². The monoisotopic (exact) mass is 179 g/mol. The van der Waals surface area contributed by atoms with Crippen LogP contribution in [0.1, 0.15) is 6.92 Å². The summed E-state index contributed by atoms with van der Waals surface area (Å²) in [6, 6.07) is 1.70. The maximum absolute atomic E-state index is 11.2. The molecule has 2 rings (SSSR count). The number of rotatable bonds is 1. The fourth-order valence-electron chi connectivity index (χ4n) is 1.20. The lowest BCUT2D eigenvalue weighted by atomic mass is 10.4. The van der Waals surface area contributed by atoms with Gasteiger partial charge in [-0.2, -0.15) is 0 Å². The zero-order valence-corrected chi connectivity index (χ0v) is 7.17. The maximum atomic E-state index is 11.2. The van der Waals surface area contributed by atoms with E-state index in [4.69, 9.17) is 4.74 Å². The number of hydrogen-bond donors (Lipinski definition) is 0. The Bertz CT molecular complexity index is 314. The molecule has 1 aliphatic heterocycles. The van der Waals surface area contributed by atoms with Crippen molar-refractivity contribution < 1.29 is 9.53 Å². The summed E-state index contributed by atoms with van der Waals surface area (Å²) < 4.78 is 4.94. The lowest BCUT2D eigenvalue weighted by Gasteiger charge is -2.08. The van der Waals surface area contributed by atoms with E-state index in [-0.39, 0.29) is 12.2 Å². The summed E-state index contributed by atoms with van der Waals surface area (Å²) in [5.41, 5.74) is 0. The van der Waals surface area contributed by atoms with E-state index in [1.807, 2.05) is 6.92 Å². The normalized spacial score (nSPS) is 21.8. The summed E-state index contributed by atoms with van der Waals surface area (Å²) in [5, 5.41) is 0. The van der Waals surface area contributed by atoms with Crippen molar-refractivity contribution in [2.75, 3.05) is 11.4 Å². The van der Waals surface area contributed by atoms with Gasteiger partial charge in [0.2, 0.25) is 5.95 Å². The van der Waals surface area contributed by atoms with Crippen molar-refractivity contribution in [1.29, 1.82) is 0 Å². The van der Waals surface area contributed by atoms with E-state index < -0.39 is 0 Å².